The molecular weight excluding hydrogens is 344 g/mol. The fraction of sp³-hybridized carbons (Fsp3) is 0.250. The van der Waals surface area contributed by atoms with Crippen LogP contribution >= 0.6 is 11.3 Å². The van der Waals surface area contributed by atoms with Crippen molar-refractivity contribution in [3.63, 3.8) is 0 Å². The Morgan fingerprint density at radius 1 is 1.19 bits per heavy atom. The smallest absolute Gasteiger partial charge is 0.251 e. The number of carbonyl (C=O) groups excluding carboxylic acids is 1. The number of benzene rings is 1. The van der Waals surface area contributed by atoms with Gasteiger partial charge in [0.1, 0.15) is 0 Å². The number of hydrogen-bond donors (Lipinski definition) is 1. The number of amides is 1. The Balaban J connectivity index is 1.73. The quantitative estimate of drug-likeness (QED) is 0.725. The summed E-state index contributed by atoms with van der Waals surface area (Å²) in [5, 5.41) is 5.15. The second-order valence-corrected chi connectivity index (χ2v) is 7.26. The predicted molar refractivity (Wildman–Crippen MR) is 105 cm³/mol. The minimum absolute atomic E-state index is 0.0937. The number of hydrogen-bond acceptors (Lipinski definition) is 5. The van der Waals surface area contributed by atoms with Gasteiger partial charge in [-0.1, -0.05) is 12.1 Å². The Hall–Kier alpha value is -2.57. The van der Waals surface area contributed by atoms with E-state index >= 15 is 0 Å². The van der Waals surface area contributed by atoms with Crippen molar-refractivity contribution in [2.24, 2.45) is 0 Å². The van der Waals surface area contributed by atoms with Crippen LogP contribution in [0.1, 0.15) is 26.8 Å². The maximum absolute atomic E-state index is 12.6. The van der Waals surface area contributed by atoms with Crippen molar-refractivity contribution in [1.82, 2.24) is 20.2 Å². The summed E-state index contributed by atoms with van der Waals surface area (Å²) in [6.45, 7) is 2.66. The Morgan fingerprint density at radius 3 is 2.62 bits per heavy atom. The van der Waals surface area contributed by atoms with Crippen molar-refractivity contribution in [2.45, 2.75) is 13.0 Å². The molecule has 0 radical (unpaired) electrons. The molecule has 0 fully saturated rings. The molecule has 0 aliphatic heterocycles. The topological polar surface area (TPSA) is 58.1 Å². The fourth-order valence-corrected chi connectivity index (χ4v) is 3.90. The molecule has 0 unspecified atom stereocenters. The van der Waals surface area contributed by atoms with Crippen LogP contribution in [0.2, 0.25) is 0 Å². The molecule has 0 aliphatic rings. The van der Waals surface area contributed by atoms with Crippen LogP contribution in [-0.2, 0) is 0 Å². The highest BCUT2D eigenvalue weighted by molar-refractivity contribution is 7.10. The normalized spacial score (nSPS) is 12.2. The molecule has 26 heavy (non-hydrogen) atoms. The van der Waals surface area contributed by atoms with E-state index in [2.05, 4.69) is 38.6 Å². The molecule has 134 valence electrons. The van der Waals surface area contributed by atoms with Crippen LogP contribution in [0.4, 0.5) is 0 Å². The highest BCUT2D eigenvalue weighted by Crippen LogP contribution is 2.26. The molecule has 0 saturated heterocycles. The van der Waals surface area contributed by atoms with Gasteiger partial charge in [0.05, 0.1) is 6.04 Å². The molecule has 1 atom stereocenters. The summed E-state index contributed by atoms with van der Waals surface area (Å²) in [5.74, 6) is 0.520. The molecule has 0 spiro atoms. The van der Waals surface area contributed by atoms with E-state index in [0.29, 0.717) is 17.9 Å². The minimum Gasteiger partial charge on any atom is -0.350 e. The van der Waals surface area contributed by atoms with Crippen LogP contribution in [-0.4, -0.2) is 41.4 Å². The van der Waals surface area contributed by atoms with Crippen molar-refractivity contribution >= 4 is 17.2 Å². The Labute approximate surface area is 157 Å². The van der Waals surface area contributed by atoms with E-state index in [-0.39, 0.29) is 11.9 Å². The molecule has 0 aliphatic carbocycles. The number of aryl methyl sites for hydroxylation is 1. The number of rotatable bonds is 6. The largest absolute Gasteiger partial charge is 0.350 e. The van der Waals surface area contributed by atoms with E-state index in [0.717, 1.165) is 5.56 Å². The summed E-state index contributed by atoms with van der Waals surface area (Å²) in [6, 6.07) is 11.4. The standard InChI is InChI=1S/C20H22N4OS/c1-14-8-11-26-18(14)17(24(2)3)13-23-20(25)16-7-4-6-15(12-16)19-21-9-5-10-22-19/h4-12,17H,13H2,1-3H3,(H,23,25)/t17-/m0/s1. The van der Waals surface area contributed by atoms with Crippen molar-refractivity contribution in [3.05, 3.63) is 70.2 Å². The SMILES string of the molecule is Cc1ccsc1[C@H](CNC(=O)c1cccc(-c2ncccn2)c1)N(C)C. The second-order valence-electron chi connectivity index (χ2n) is 6.31. The summed E-state index contributed by atoms with van der Waals surface area (Å²) >= 11 is 1.72. The first kappa shape index (κ1) is 18.2. The summed E-state index contributed by atoms with van der Waals surface area (Å²) in [5.41, 5.74) is 2.69. The third-order valence-corrected chi connectivity index (χ3v) is 5.35. The molecular formula is C20H22N4OS. The average molecular weight is 366 g/mol. The van der Waals surface area contributed by atoms with Gasteiger partial charge in [-0.25, -0.2) is 9.97 Å². The molecule has 6 heteroatoms. The molecule has 3 rings (SSSR count). The minimum atomic E-state index is -0.0937. The van der Waals surface area contributed by atoms with Crippen molar-refractivity contribution in [1.29, 1.82) is 0 Å². The first-order valence-corrected chi connectivity index (χ1v) is 9.30. The zero-order valence-electron chi connectivity index (χ0n) is 15.1. The van der Waals surface area contributed by atoms with Crippen LogP contribution in [0.25, 0.3) is 11.4 Å². The van der Waals surface area contributed by atoms with Gasteiger partial charge in [-0.3, -0.25) is 4.79 Å². The average Bonchev–Trinajstić information content (AvgIpc) is 3.08. The first-order chi connectivity index (χ1) is 12.6. The Morgan fingerprint density at radius 2 is 1.96 bits per heavy atom. The predicted octanol–water partition coefficient (Wildman–Crippen LogP) is 3.55. The lowest BCUT2D eigenvalue weighted by molar-refractivity contribution is 0.0942. The monoisotopic (exact) mass is 366 g/mol. The first-order valence-electron chi connectivity index (χ1n) is 8.42. The van der Waals surface area contributed by atoms with Crippen molar-refractivity contribution in [2.75, 3.05) is 20.6 Å². The third kappa shape index (κ3) is 4.15. The van der Waals surface area contributed by atoms with Gasteiger partial charge in [0, 0.05) is 34.9 Å². The number of thiophene rings is 1. The second kappa shape index (κ2) is 8.21. The molecule has 1 amide bonds. The van der Waals surface area contributed by atoms with Crippen LogP contribution in [0.3, 0.4) is 0 Å². The van der Waals surface area contributed by atoms with Gasteiger partial charge in [0.15, 0.2) is 5.82 Å². The Bertz CT molecular complexity index is 876. The van der Waals surface area contributed by atoms with Gasteiger partial charge in [-0.2, -0.15) is 0 Å². The van der Waals surface area contributed by atoms with Gasteiger partial charge >= 0.3 is 0 Å². The van der Waals surface area contributed by atoms with Crippen molar-refractivity contribution in [3.8, 4) is 11.4 Å². The molecule has 0 bridgehead atoms. The van der Waals surface area contributed by atoms with Crippen LogP contribution in [0.15, 0.2) is 54.2 Å². The van der Waals surface area contributed by atoms with E-state index in [1.807, 2.05) is 38.4 Å². The molecule has 1 aromatic carbocycles. The maximum atomic E-state index is 12.6. The number of carbonyl (C=O) groups is 1. The zero-order chi connectivity index (χ0) is 18.5. The fourth-order valence-electron chi connectivity index (χ4n) is 2.77. The molecule has 2 aromatic heterocycles. The molecule has 2 heterocycles. The molecule has 1 N–H and O–H groups in total. The van der Waals surface area contributed by atoms with Crippen LogP contribution < -0.4 is 5.32 Å². The van der Waals surface area contributed by atoms with Gasteiger partial charge in [-0.05, 0) is 56.2 Å². The highest BCUT2D eigenvalue weighted by atomic mass is 32.1. The lowest BCUT2D eigenvalue weighted by Gasteiger charge is -2.24. The Kier molecular flexibility index (Phi) is 5.75. The molecule has 5 nitrogen and oxygen atoms in total. The maximum Gasteiger partial charge on any atom is 0.251 e. The highest BCUT2D eigenvalue weighted by Gasteiger charge is 2.19. The zero-order valence-corrected chi connectivity index (χ0v) is 16.0. The summed E-state index contributed by atoms with van der Waals surface area (Å²) in [4.78, 5) is 24.5. The summed E-state index contributed by atoms with van der Waals surface area (Å²) in [6.07, 6.45) is 3.39. The van der Waals surface area contributed by atoms with E-state index in [4.69, 9.17) is 0 Å². The van der Waals surface area contributed by atoms with E-state index < -0.39 is 0 Å². The number of nitrogens with zero attached hydrogens (tertiary/aromatic N) is 3. The van der Waals surface area contributed by atoms with Gasteiger partial charge < -0.3 is 10.2 Å². The molecule has 3 aromatic rings. The van der Waals surface area contributed by atoms with Crippen LogP contribution in [0.5, 0.6) is 0 Å². The van der Waals surface area contributed by atoms with E-state index in [1.165, 1.54) is 10.4 Å². The van der Waals surface area contributed by atoms with Gasteiger partial charge in [0.2, 0.25) is 0 Å². The number of likely N-dealkylation sites (N-methyl/N-ethyl adjacent to an activating group) is 1. The van der Waals surface area contributed by atoms with Crippen LogP contribution in [0, 0.1) is 6.92 Å². The van der Waals surface area contributed by atoms with E-state index in [9.17, 15) is 4.79 Å². The molecule has 0 saturated carbocycles. The van der Waals surface area contributed by atoms with E-state index in [1.54, 1.807) is 29.8 Å². The third-order valence-electron chi connectivity index (χ3n) is 4.23. The van der Waals surface area contributed by atoms with Gasteiger partial charge in [-0.15, -0.1) is 11.3 Å². The summed E-state index contributed by atoms with van der Waals surface area (Å²) < 4.78 is 0. The lowest BCUT2D eigenvalue weighted by Crippen LogP contribution is -2.34. The number of nitrogens with one attached hydrogen (secondary N) is 1. The van der Waals surface area contributed by atoms with Crippen molar-refractivity contribution < 1.29 is 4.79 Å². The van der Waals surface area contributed by atoms with Gasteiger partial charge in [0.25, 0.3) is 5.91 Å². The summed E-state index contributed by atoms with van der Waals surface area (Å²) in [7, 11) is 4.06. The lowest BCUT2D eigenvalue weighted by atomic mass is 10.1. The number of aromatic nitrogens is 2.